The third-order valence-corrected chi connectivity index (χ3v) is 3.25. The van der Waals surface area contributed by atoms with Crippen LogP contribution >= 0.6 is 0 Å². The van der Waals surface area contributed by atoms with E-state index < -0.39 is 0 Å². The molecular formula is C10H18O. The molecule has 1 saturated carbocycles. The molecule has 1 heterocycles. The zero-order chi connectivity index (χ0) is 7.68. The van der Waals surface area contributed by atoms with E-state index in [1.54, 1.807) is 0 Å². The summed E-state index contributed by atoms with van der Waals surface area (Å²) in [6, 6.07) is 0. The maximum atomic E-state index is 5.75. The fourth-order valence-electron chi connectivity index (χ4n) is 2.14. The minimum absolute atomic E-state index is 0.632. The van der Waals surface area contributed by atoms with Gasteiger partial charge in [0.05, 0.1) is 6.10 Å². The second-order valence-electron chi connectivity index (χ2n) is 4.23. The van der Waals surface area contributed by atoms with Gasteiger partial charge in [0.1, 0.15) is 0 Å². The molecule has 2 rings (SSSR count). The van der Waals surface area contributed by atoms with Gasteiger partial charge in [0.25, 0.3) is 0 Å². The Morgan fingerprint density at radius 2 is 2.00 bits per heavy atom. The molecule has 0 aromatic carbocycles. The average Bonchev–Trinajstić information content (AvgIpc) is 1.83. The van der Waals surface area contributed by atoms with Crippen LogP contribution in [0.25, 0.3) is 0 Å². The summed E-state index contributed by atoms with van der Waals surface area (Å²) >= 11 is 0. The summed E-state index contributed by atoms with van der Waals surface area (Å²) < 4.78 is 5.75. The zero-order valence-electron chi connectivity index (χ0n) is 7.38. The number of ether oxygens (including phenoxy) is 1. The molecule has 0 aromatic rings. The number of hydrogen-bond acceptors (Lipinski definition) is 1. The van der Waals surface area contributed by atoms with Gasteiger partial charge < -0.3 is 4.74 Å². The minimum atomic E-state index is 0.632. The van der Waals surface area contributed by atoms with Crippen molar-refractivity contribution in [2.75, 3.05) is 6.61 Å². The second-order valence-corrected chi connectivity index (χ2v) is 4.23. The van der Waals surface area contributed by atoms with Crippen LogP contribution in [-0.4, -0.2) is 12.7 Å². The third kappa shape index (κ3) is 1.58. The van der Waals surface area contributed by atoms with Gasteiger partial charge in [-0.15, -0.1) is 0 Å². The van der Waals surface area contributed by atoms with Gasteiger partial charge >= 0.3 is 0 Å². The molecule has 0 amide bonds. The van der Waals surface area contributed by atoms with Crippen molar-refractivity contribution in [3.05, 3.63) is 0 Å². The van der Waals surface area contributed by atoms with Crippen molar-refractivity contribution in [1.82, 2.24) is 0 Å². The number of hydrogen-bond donors (Lipinski definition) is 0. The molecule has 1 aliphatic heterocycles. The quantitative estimate of drug-likeness (QED) is 0.564. The van der Waals surface area contributed by atoms with E-state index in [-0.39, 0.29) is 0 Å². The first kappa shape index (κ1) is 7.60. The maximum Gasteiger partial charge on any atom is 0.0605 e. The molecule has 0 N–H and O–H groups in total. The first-order valence-electron chi connectivity index (χ1n) is 4.98. The van der Waals surface area contributed by atoms with Crippen LogP contribution in [0.4, 0.5) is 0 Å². The van der Waals surface area contributed by atoms with Crippen molar-refractivity contribution in [2.45, 2.75) is 45.1 Å². The smallest absolute Gasteiger partial charge is 0.0605 e. The molecule has 0 bridgehead atoms. The summed E-state index contributed by atoms with van der Waals surface area (Å²) in [6.07, 6.45) is 7.54. The average molecular weight is 154 g/mol. The third-order valence-electron chi connectivity index (χ3n) is 3.25. The minimum Gasteiger partial charge on any atom is -0.378 e. The molecule has 64 valence electrons. The predicted molar refractivity (Wildman–Crippen MR) is 45.5 cm³/mol. The van der Waals surface area contributed by atoms with E-state index in [1.165, 1.54) is 32.1 Å². The zero-order valence-corrected chi connectivity index (χ0v) is 7.38. The van der Waals surface area contributed by atoms with E-state index in [4.69, 9.17) is 4.74 Å². The maximum absolute atomic E-state index is 5.75. The molecule has 11 heavy (non-hydrogen) atoms. The summed E-state index contributed by atoms with van der Waals surface area (Å²) in [5.41, 5.74) is 0. The summed E-state index contributed by atoms with van der Waals surface area (Å²) in [4.78, 5) is 0. The topological polar surface area (TPSA) is 9.23 Å². The molecule has 0 spiro atoms. The highest BCUT2D eigenvalue weighted by molar-refractivity contribution is 4.81. The van der Waals surface area contributed by atoms with Crippen LogP contribution in [0.5, 0.6) is 0 Å². The van der Waals surface area contributed by atoms with Crippen LogP contribution in [0.2, 0.25) is 0 Å². The van der Waals surface area contributed by atoms with Crippen molar-refractivity contribution in [3.8, 4) is 0 Å². The monoisotopic (exact) mass is 154 g/mol. The van der Waals surface area contributed by atoms with Crippen molar-refractivity contribution in [1.29, 1.82) is 0 Å². The lowest BCUT2D eigenvalue weighted by molar-refractivity contribution is -0.0585. The van der Waals surface area contributed by atoms with Gasteiger partial charge in [-0.25, -0.2) is 0 Å². The van der Waals surface area contributed by atoms with E-state index in [9.17, 15) is 0 Å². The molecule has 0 unspecified atom stereocenters. The molecule has 1 aliphatic carbocycles. The van der Waals surface area contributed by atoms with Crippen molar-refractivity contribution >= 4 is 0 Å². The van der Waals surface area contributed by atoms with Gasteiger partial charge in [0, 0.05) is 6.61 Å². The summed E-state index contributed by atoms with van der Waals surface area (Å²) in [6.45, 7) is 3.37. The fraction of sp³-hybridized carbons (Fsp3) is 1.00. The molecule has 1 heteroatoms. The highest BCUT2D eigenvalue weighted by Crippen LogP contribution is 2.36. The number of rotatable bonds is 1. The lowest BCUT2D eigenvalue weighted by atomic mass is 9.77. The van der Waals surface area contributed by atoms with Gasteiger partial charge in [-0.3, -0.25) is 0 Å². The molecule has 2 atom stereocenters. The van der Waals surface area contributed by atoms with Crippen molar-refractivity contribution < 1.29 is 4.74 Å². The molecule has 0 radical (unpaired) electrons. The van der Waals surface area contributed by atoms with Crippen LogP contribution in [-0.2, 0) is 4.74 Å². The van der Waals surface area contributed by atoms with Crippen LogP contribution in [0.3, 0.4) is 0 Å². The van der Waals surface area contributed by atoms with E-state index in [0.717, 1.165) is 18.4 Å². The van der Waals surface area contributed by atoms with Crippen LogP contribution < -0.4 is 0 Å². The van der Waals surface area contributed by atoms with Crippen molar-refractivity contribution in [2.24, 2.45) is 11.8 Å². The van der Waals surface area contributed by atoms with Crippen molar-refractivity contribution in [3.63, 3.8) is 0 Å². The van der Waals surface area contributed by atoms with Gasteiger partial charge in [0.15, 0.2) is 0 Å². The predicted octanol–water partition coefficient (Wildman–Crippen LogP) is 2.60. The Balaban J connectivity index is 1.82. The first-order valence-corrected chi connectivity index (χ1v) is 4.98. The Kier molecular flexibility index (Phi) is 2.17. The highest BCUT2D eigenvalue weighted by atomic mass is 16.5. The first-order chi connectivity index (χ1) is 5.36. The van der Waals surface area contributed by atoms with Gasteiger partial charge in [-0.2, -0.15) is 0 Å². The summed E-state index contributed by atoms with van der Waals surface area (Å²) in [5, 5.41) is 0. The normalized spacial score (nSPS) is 40.1. The van der Waals surface area contributed by atoms with Crippen LogP contribution in [0.1, 0.15) is 39.0 Å². The van der Waals surface area contributed by atoms with Gasteiger partial charge in [-0.1, -0.05) is 13.3 Å². The molecule has 1 saturated heterocycles. The molecular weight excluding hydrogens is 136 g/mol. The molecule has 0 aromatic heterocycles. The largest absolute Gasteiger partial charge is 0.378 e. The fourth-order valence-corrected chi connectivity index (χ4v) is 2.14. The Bertz CT molecular complexity index is 129. The summed E-state index contributed by atoms with van der Waals surface area (Å²) in [5.74, 6) is 1.84. The van der Waals surface area contributed by atoms with E-state index in [2.05, 4.69) is 6.92 Å². The Hall–Kier alpha value is -0.0400. The van der Waals surface area contributed by atoms with Gasteiger partial charge in [0.2, 0.25) is 0 Å². The summed E-state index contributed by atoms with van der Waals surface area (Å²) in [7, 11) is 0. The van der Waals surface area contributed by atoms with E-state index in [0.29, 0.717) is 6.10 Å². The molecule has 2 aliphatic rings. The van der Waals surface area contributed by atoms with Gasteiger partial charge in [-0.05, 0) is 37.5 Å². The highest BCUT2D eigenvalue weighted by Gasteiger charge is 2.31. The Morgan fingerprint density at radius 1 is 1.18 bits per heavy atom. The van der Waals surface area contributed by atoms with Crippen LogP contribution in [0.15, 0.2) is 0 Å². The lowest BCUT2D eigenvalue weighted by Crippen LogP contribution is -2.34. The van der Waals surface area contributed by atoms with E-state index >= 15 is 0 Å². The molecule has 1 nitrogen and oxygen atoms in total. The lowest BCUT2D eigenvalue weighted by Gasteiger charge is -2.38. The SMILES string of the molecule is C[C@H]1CCO[C@@H](C2CCC2)C1. The Labute approximate surface area is 69.1 Å². The second kappa shape index (κ2) is 3.14. The van der Waals surface area contributed by atoms with Crippen LogP contribution in [0, 0.1) is 11.8 Å². The standard InChI is InChI=1S/C10H18O/c1-8-5-6-11-10(7-8)9-3-2-4-9/h8-10H,2-7H2,1H3/t8-,10+/m0/s1. The Morgan fingerprint density at radius 3 is 2.55 bits per heavy atom. The van der Waals surface area contributed by atoms with E-state index in [1.807, 2.05) is 0 Å². The molecule has 2 fully saturated rings.